The van der Waals surface area contributed by atoms with Crippen molar-refractivity contribution in [2.75, 3.05) is 6.61 Å². The van der Waals surface area contributed by atoms with Crippen LogP contribution in [0.4, 0.5) is 0 Å². The lowest BCUT2D eigenvalue weighted by Crippen LogP contribution is -2.21. The second-order valence-electron chi connectivity index (χ2n) is 3.91. The standard InChI is InChI=1S/C12H22O4/c1-4-6-7-10(5-2)8-16-12(15)9(3)11(13)14/h10-11,13-14H,3-8H2,1-2H3. The summed E-state index contributed by atoms with van der Waals surface area (Å²) in [5.41, 5.74) is -0.314. The van der Waals surface area contributed by atoms with Crippen molar-refractivity contribution in [1.29, 1.82) is 0 Å². The fraction of sp³-hybridized carbons (Fsp3) is 0.750. The van der Waals surface area contributed by atoms with E-state index in [-0.39, 0.29) is 5.57 Å². The molecule has 0 rings (SSSR count). The van der Waals surface area contributed by atoms with Gasteiger partial charge in [-0.2, -0.15) is 0 Å². The second kappa shape index (κ2) is 8.30. The van der Waals surface area contributed by atoms with Crippen molar-refractivity contribution in [1.82, 2.24) is 0 Å². The molecular weight excluding hydrogens is 208 g/mol. The van der Waals surface area contributed by atoms with Crippen LogP contribution in [-0.2, 0) is 9.53 Å². The highest BCUT2D eigenvalue weighted by molar-refractivity contribution is 5.88. The Morgan fingerprint density at radius 3 is 2.44 bits per heavy atom. The summed E-state index contributed by atoms with van der Waals surface area (Å²) in [4.78, 5) is 11.2. The van der Waals surface area contributed by atoms with Gasteiger partial charge in [0.15, 0.2) is 6.29 Å². The lowest BCUT2D eigenvalue weighted by Gasteiger charge is -2.15. The molecule has 0 aliphatic rings. The summed E-state index contributed by atoms with van der Waals surface area (Å²) in [6.45, 7) is 7.73. The van der Waals surface area contributed by atoms with Gasteiger partial charge in [0.25, 0.3) is 0 Å². The number of unbranched alkanes of at least 4 members (excludes halogenated alkanes) is 1. The van der Waals surface area contributed by atoms with E-state index in [1.807, 2.05) is 6.92 Å². The molecule has 0 bridgehead atoms. The lowest BCUT2D eigenvalue weighted by atomic mass is 10.0. The number of ether oxygens (including phenoxy) is 1. The Labute approximate surface area is 96.9 Å². The molecule has 0 aromatic carbocycles. The Morgan fingerprint density at radius 1 is 1.38 bits per heavy atom. The van der Waals surface area contributed by atoms with Gasteiger partial charge in [-0.1, -0.05) is 39.7 Å². The zero-order valence-corrected chi connectivity index (χ0v) is 10.1. The van der Waals surface area contributed by atoms with Crippen molar-refractivity contribution in [2.45, 2.75) is 45.8 Å². The van der Waals surface area contributed by atoms with E-state index in [1.165, 1.54) is 0 Å². The van der Waals surface area contributed by atoms with Crippen molar-refractivity contribution in [3.63, 3.8) is 0 Å². The number of hydrogen-bond donors (Lipinski definition) is 2. The lowest BCUT2D eigenvalue weighted by molar-refractivity contribution is -0.144. The van der Waals surface area contributed by atoms with Crippen LogP contribution in [0.25, 0.3) is 0 Å². The third-order valence-electron chi connectivity index (χ3n) is 2.57. The fourth-order valence-electron chi connectivity index (χ4n) is 1.29. The smallest absolute Gasteiger partial charge is 0.338 e. The maximum absolute atomic E-state index is 11.2. The first-order chi connectivity index (χ1) is 7.52. The molecule has 0 aliphatic heterocycles. The van der Waals surface area contributed by atoms with Crippen molar-refractivity contribution in [3.05, 3.63) is 12.2 Å². The van der Waals surface area contributed by atoms with Gasteiger partial charge in [0, 0.05) is 0 Å². The summed E-state index contributed by atoms with van der Waals surface area (Å²) in [7, 11) is 0. The number of carbonyl (C=O) groups is 1. The Morgan fingerprint density at radius 2 is 2.00 bits per heavy atom. The molecule has 0 fully saturated rings. The topological polar surface area (TPSA) is 66.8 Å². The van der Waals surface area contributed by atoms with E-state index in [2.05, 4.69) is 13.5 Å². The fourth-order valence-corrected chi connectivity index (χ4v) is 1.29. The van der Waals surface area contributed by atoms with E-state index in [0.717, 1.165) is 25.7 Å². The maximum atomic E-state index is 11.2. The average Bonchev–Trinajstić information content (AvgIpc) is 2.27. The van der Waals surface area contributed by atoms with Crippen molar-refractivity contribution < 1.29 is 19.7 Å². The number of esters is 1. The maximum Gasteiger partial charge on any atom is 0.338 e. The van der Waals surface area contributed by atoms with Gasteiger partial charge >= 0.3 is 5.97 Å². The van der Waals surface area contributed by atoms with Crippen LogP contribution >= 0.6 is 0 Å². The molecule has 16 heavy (non-hydrogen) atoms. The summed E-state index contributed by atoms with van der Waals surface area (Å²) in [6.07, 6.45) is 2.37. The zero-order valence-electron chi connectivity index (χ0n) is 10.1. The van der Waals surface area contributed by atoms with Crippen molar-refractivity contribution >= 4 is 5.97 Å². The first-order valence-corrected chi connectivity index (χ1v) is 5.74. The van der Waals surface area contributed by atoms with Crippen LogP contribution in [0.15, 0.2) is 12.2 Å². The number of aliphatic hydroxyl groups excluding tert-OH is 1. The summed E-state index contributed by atoms with van der Waals surface area (Å²) in [6, 6.07) is 0. The van der Waals surface area contributed by atoms with Gasteiger partial charge in [-0.05, 0) is 12.3 Å². The van der Waals surface area contributed by atoms with Crippen LogP contribution in [0.5, 0.6) is 0 Å². The molecule has 0 amide bonds. The monoisotopic (exact) mass is 230 g/mol. The molecule has 4 nitrogen and oxygen atoms in total. The molecule has 0 radical (unpaired) electrons. The molecule has 0 aromatic rings. The Balaban J connectivity index is 3.92. The molecular formula is C12H22O4. The minimum atomic E-state index is -1.83. The molecule has 0 aliphatic carbocycles. The quantitative estimate of drug-likeness (QED) is 0.378. The summed E-state index contributed by atoms with van der Waals surface area (Å²) < 4.78 is 4.96. The van der Waals surface area contributed by atoms with Gasteiger partial charge in [-0.15, -0.1) is 0 Å². The molecule has 1 atom stereocenters. The summed E-state index contributed by atoms with van der Waals surface area (Å²) in [5.74, 6) is -0.391. The predicted molar refractivity (Wildman–Crippen MR) is 61.6 cm³/mol. The van der Waals surface area contributed by atoms with Gasteiger partial charge in [-0.25, -0.2) is 4.79 Å². The highest BCUT2D eigenvalue weighted by Crippen LogP contribution is 2.13. The van der Waals surface area contributed by atoms with Gasteiger partial charge in [0.2, 0.25) is 0 Å². The highest BCUT2D eigenvalue weighted by atomic mass is 16.5. The van der Waals surface area contributed by atoms with Gasteiger partial charge in [0.1, 0.15) is 0 Å². The molecule has 4 heteroatoms. The minimum Gasteiger partial charge on any atom is -0.462 e. The third kappa shape index (κ3) is 5.88. The van der Waals surface area contributed by atoms with Crippen LogP contribution < -0.4 is 0 Å². The summed E-state index contributed by atoms with van der Waals surface area (Å²) in [5, 5.41) is 17.4. The largest absolute Gasteiger partial charge is 0.462 e. The van der Waals surface area contributed by atoms with E-state index >= 15 is 0 Å². The van der Waals surface area contributed by atoms with Gasteiger partial charge in [0.05, 0.1) is 12.2 Å². The predicted octanol–water partition coefficient (Wildman–Crippen LogP) is 1.61. The van der Waals surface area contributed by atoms with Crippen LogP contribution in [-0.4, -0.2) is 29.1 Å². The van der Waals surface area contributed by atoms with Crippen molar-refractivity contribution in [3.8, 4) is 0 Å². The Bertz CT molecular complexity index is 223. The highest BCUT2D eigenvalue weighted by Gasteiger charge is 2.16. The first-order valence-electron chi connectivity index (χ1n) is 5.74. The van der Waals surface area contributed by atoms with Gasteiger partial charge in [-0.3, -0.25) is 0 Å². The Kier molecular flexibility index (Phi) is 7.85. The SMILES string of the molecule is C=C(C(=O)OCC(CC)CCCC)C(O)O. The van der Waals surface area contributed by atoms with Crippen molar-refractivity contribution in [2.24, 2.45) is 5.92 Å². The summed E-state index contributed by atoms with van der Waals surface area (Å²) >= 11 is 0. The van der Waals surface area contributed by atoms with Crippen LogP contribution in [0.2, 0.25) is 0 Å². The molecule has 94 valence electrons. The first kappa shape index (κ1) is 15.1. The number of hydrogen-bond acceptors (Lipinski definition) is 4. The van der Waals surface area contributed by atoms with E-state index in [4.69, 9.17) is 14.9 Å². The van der Waals surface area contributed by atoms with E-state index in [0.29, 0.717) is 12.5 Å². The molecule has 1 unspecified atom stereocenters. The van der Waals surface area contributed by atoms with Crippen LogP contribution in [0, 0.1) is 5.92 Å². The van der Waals surface area contributed by atoms with Gasteiger partial charge < -0.3 is 14.9 Å². The number of carbonyl (C=O) groups excluding carboxylic acids is 1. The average molecular weight is 230 g/mol. The molecule has 0 saturated carbocycles. The minimum absolute atomic E-state index is 0.314. The van der Waals surface area contributed by atoms with E-state index in [9.17, 15) is 4.79 Å². The number of rotatable bonds is 8. The van der Waals surface area contributed by atoms with Crippen LogP contribution in [0.1, 0.15) is 39.5 Å². The van der Waals surface area contributed by atoms with E-state index < -0.39 is 12.3 Å². The van der Waals surface area contributed by atoms with Crippen LogP contribution in [0.3, 0.4) is 0 Å². The molecule has 0 spiro atoms. The molecule has 0 aromatic heterocycles. The molecule has 0 saturated heterocycles. The molecule has 2 N–H and O–H groups in total. The molecule has 0 heterocycles. The Hall–Kier alpha value is -0.870. The zero-order chi connectivity index (χ0) is 12.6. The van der Waals surface area contributed by atoms with E-state index in [1.54, 1.807) is 0 Å². The third-order valence-corrected chi connectivity index (χ3v) is 2.57. The second-order valence-corrected chi connectivity index (χ2v) is 3.91. The number of aliphatic hydroxyl groups is 2. The normalized spacial score (nSPS) is 12.6.